The standard InChI is InChI=1S/C3Cl5O/c4-2(5,1-9)3(6,7)8. The van der Waals surface area contributed by atoms with Crippen molar-refractivity contribution in [3.8, 4) is 0 Å². The zero-order chi connectivity index (χ0) is 7.71. The lowest BCUT2D eigenvalue weighted by Crippen LogP contribution is -2.32. The van der Waals surface area contributed by atoms with E-state index in [-0.39, 0.29) is 0 Å². The molecule has 0 rings (SSSR count). The van der Waals surface area contributed by atoms with Gasteiger partial charge in [0.15, 0.2) is 0 Å². The maximum Gasteiger partial charge on any atom is 0.242 e. The molecule has 0 amide bonds. The van der Waals surface area contributed by atoms with Gasteiger partial charge in [-0.25, -0.2) is 0 Å². The first kappa shape index (κ1) is 10.1. The van der Waals surface area contributed by atoms with Gasteiger partial charge in [-0.05, 0) is 0 Å². The van der Waals surface area contributed by atoms with Crippen molar-refractivity contribution < 1.29 is 4.79 Å². The summed E-state index contributed by atoms with van der Waals surface area (Å²) in [7, 11) is 0. The normalized spacial score (nSPS) is 13.4. The predicted octanol–water partition coefficient (Wildman–Crippen LogP) is 2.64. The van der Waals surface area contributed by atoms with E-state index in [2.05, 4.69) is 0 Å². The Hall–Kier alpha value is 1.12. The second-order valence-electron chi connectivity index (χ2n) is 1.17. The summed E-state index contributed by atoms with van der Waals surface area (Å²) < 4.78 is -4.12. The highest BCUT2D eigenvalue weighted by atomic mass is 35.6. The van der Waals surface area contributed by atoms with E-state index in [4.69, 9.17) is 58.0 Å². The van der Waals surface area contributed by atoms with E-state index in [0.29, 0.717) is 0 Å². The van der Waals surface area contributed by atoms with E-state index in [1.807, 2.05) is 0 Å². The van der Waals surface area contributed by atoms with Gasteiger partial charge in [-0.1, -0.05) is 58.0 Å². The Bertz CT molecular complexity index is 114. The predicted molar refractivity (Wildman–Crippen MR) is 40.4 cm³/mol. The smallest absolute Gasteiger partial charge is 0.242 e. The van der Waals surface area contributed by atoms with E-state index < -0.39 is 8.13 Å². The third-order valence-electron chi connectivity index (χ3n) is 0.484. The first-order valence-corrected chi connectivity index (χ1v) is 3.54. The van der Waals surface area contributed by atoms with Crippen LogP contribution in [0.3, 0.4) is 0 Å². The molecule has 1 nitrogen and oxygen atoms in total. The first-order chi connectivity index (χ1) is 3.81. The Morgan fingerprint density at radius 1 is 1.00 bits per heavy atom. The lowest BCUT2D eigenvalue weighted by atomic mass is 10.5. The van der Waals surface area contributed by atoms with E-state index in [0.717, 1.165) is 0 Å². The maximum atomic E-state index is 9.83. The molecule has 0 aliphatic rings. The van der Waals surface area contributed by atoms with Crippen LogP contribution in [0, 0.1) is 0 Å². The van der Waals surface area contributed by atoms with Gasteiger partial charge in [-0.3, -0.25) is 4.79 Å². The van der Waals surface area contributed by atoms with Crippen LogP contribution in [0.2, 0.25) is 0 Å². The minimum Gasteiger partial charge on any atom is -0.287 e. The third kappa shape index (κ3) is 2.69. The summed E-state index contributed by atoms with van der Waals surface area (Å²) in [6, 6.07) is 0. The minimum atomic E-state index is -2.09. The Kier molecular flexibility index (Phi) is 3.39. The van der Waals surface area contributed by atoms with Gasteiger partial charge in [0.25, 0.3) is 0 Å². The molecule has 0 N–H and O–H groups in total. The van der Waals surface area contributed by atoms with Crippen LogP contribution in [0.25, 0.3) is 0 Å². The molecule has 0 aromatic carbocycles. The Balaban J connectivity index is 4.32. The molecule has 0 unspecified atom stereocenters. The molecule has 0 fully saturated rings. The van der Waals surface area contributed by atoms with Crippen LogP contribution < -0.4 is 0 Å². The lowest BCUT2D eigenvalue weighted by Gasteiger charge is -2.19. The molecule has 0 aliphatic carbocycles. The van der Waals surface area contributed by atoms with Crippen molar-refractivity contribution in [1.29, 1.82) is 0 Å². The van der Waals surface area contributed by atoms with Crippen LogP contribution in [0.4, 0.5) is 0 Å². The zero-order valence-corrected chi connectivity index (χ0v) is 7.58. The zero-order valence-electron chi connectivity index (χ0n) is 3.80. The number of hydrogen-bond acceptors (Lipinski definition) is 1. The fourth-order valence-electron chi connectivity index (χ4n) is 0.0579. The summed E-state index contributed by atoms with van der Waals surface area (Å²) >= 11 is 25.7. The van der Waals surface area contributed by atoms with E-state index >= 15 is 0 Å². The van der Waals surface area contributed by atoms with Gasteiger partial charge in [0.1, 0.15) is 0 Å². The summed E-state index contributed by atoms with van der Waals surface area (Å²) in [6.07, 6.45) is 1.17. The molecule has 0 aromatic rings. The molecule has 0 spiro atoms. The van der Waals surface area contributed by atoms with E-state index in [1.165, 1.54) is 6.29 Å². The number of rotatable bonds is 1. The van der Waals surface area contributed by atoms with Crippen LogP contribution >= 0.6 is 58.0 Å². The van der Waals surface area contributed by atoms with Crippen molar-refractivity contribution in [3.05, 3.63) is 0 Å². The molecule has 6 heteroatoms. The van der Waals surface area contributed by atoms with Gasteiger partial charge < -0.3 is 0 Å². The quantitative estimate of drug-likeness (QED) is 0.632. The van der Waals surface area contributed by atoms with Crippen molar-refractivity contribution in [1.82, 2.24) is 0 Å². The molecule has 9 heavy (non-hydrogen) atoms. The summed E-state index contributed by atoms with van der Waals surface area (Å²) in [6.45, 7) is 0. The van der Waals surface area contributed by atoms with Crippen molar-refractivity contribution in [3.63, 3.8) is 0 Å². The summed E-state index contributed by atoms with van der Waals surface area (Å²) in [5, 5.41) is 0. The molecular weight excluding hydrogens is 229 g/mol. The van der Waals surface area contributed by atoms with E-state index in [9.17, 15) is 4.79 Å². The molecular formula is C3Cl5O. The fraction of sp³-hybridized carbons (Fsp3) is 0.667. The Morgan fingerprint density at radius 3 is 1.33 bits per heavy atom. The molecule has 1 radical (unpaired) electrons. The van der Waals surface area contributed by atoms with Crippen LogP contribution in [0.1, 0.15) is 0 Å². The number of carbonyl (C=O) groups excluding carboxylic acids is 1. The van der Waals surface area contributed by atoms with Gasteiger partial charge >= 0.3 is 0 Å². The van der Waals surface area contributed by atoms with Crippen LogP contribution in [0.15, 0.2) is 0 Å². The molecule has 0 saturated heterocycles. The molecule has 0 saturated carbocycles. The number of halogens is 5. The molecule has 0 aromatic heterocycles. The van der Waals surface area contributed by atoms with Crippen molar-refractivity contribution in [2.24, 2.45) is 0 Å². The summed E-state index contributed by atoms with van der Waals surface area (Å²) in [4.78, 5) is 9.83. The highest BCUT2D eigenvalue weighted by molar-refractivity contribution is 6.78. The van der Waals surface area contributed by atoms with Gasteiger partial charge in [-0.15, -0.1) is 0 Å². The van der Waals surface area contributed by atoms with Crippen LogP contribution in [0.5, 0.6) is 0 Å². The molecule has 0 bridgehead atoms. The molecule has 0 aliphatic heterocycles. The minimum absolute atomic E-state index is 1.17. The molecule has 0 heterocycles. The van der Waals surface area contributed by atoms with Crippen molar-refractivity contribution in [2.45, 2.75) is 8.13 Å². The Labute approximate surface area is 77.1 Å². The van der Waals surface area contributed by atoms with Gasteiger partial charge in [0, 0.05) is 0 Å². The topological polar surface area (TPSA) is 17.1 Å². The highest BCUT2D eigenvalue weighted by Crippen LogP contribution is 2.44. The summed E-state index contributed by atoms with van der Waals surface area (Å²) in [5.74, 6) is 0. The number of alkyl halides is 5. The van der Waals surface area contributed by atoms with Gasteiger partial charge in [-0.2, -0.15) is 0 Å². The highest BCUT2D eigenvalue weighted by Gasteiger charge is 2.46. The molecule has 53 valence electrons. The average molecular weight is 229 g/mol. The van der Waals surface area contributed by atoms with Crippen LogP contribution in [-0.4, -0.2) is 14.4 Å². The first-order valence-electron chi connectivity index (χ1n) is 1.65. The SMILES string of the molecule is O=[C]C(Cl)(Cl)C(Cl)(Cl)Cl. The number of hydrogen-bond donors (Lipinski definition) is 0. The van der Waals surface area contributed by atoms with Gasteiger partial charge in [0.2, 0.25) is 14.4 Å². The van der Waals surface area contributed by atoms with Crippen molar-refractivity contribution >= 4 is 64.3 Å². The average Bonchev–Trinajstić information content (AvgIpc) is 1.64. The van der Waals surface area contributed by atoms with E-state index in [1.54, 1.807) is 0 Å². The van der Waals surface area contributed by atoms with Gasteiger partial charge in [0.05, 0.1) is 0 Å². The lowest BCUT2D eigenvalue weighted by molar-refractivity contribution is 0.548. The van der Waals surface area contributed by atoms with Crippen LogP contribution in [-0.2, 0) is 4.79 Å². The fourth-order valence-corrected chi connectivity index (χ4v) is 0.174. The monoisotopic (exact) mass is 227 g/mol. The van der Waals surface area contributed by atoms with Crippen molar-refractivity contribution in [2.75, 3.05) is 0 Å². The molecule has 0 atom stereocenters. The largest absolute Gasteiger partial charge is 0.287 e. The second kappa shape index (κ2) is 3.02. The summed E-state index contributed by atoms with van der Waals surface area (Å²) in [5.41, 5.74) is 0. The maximum absolute atomic E-state index is 9.83. The third-order valence-corrected chi connectivity index (χ3v) is 2.64. The Morgan fingerprint density at radius 2 is 1.33 bits per heavy atom. The second-order valence-corrected chi connectivity index (χ2v) is 4.78.